The van der Waals surface area contributed by atoms with Crippen molar-refractivity contribution in [3.8, 4) is 5.75 Å². The summed E-state index contributed by atoms with van der Waals surface area (Å²) in [7, 11) is 1.66. The average molecular weight is 326 g/mol. The molecule has 0 bridgehead atoms. The molecule has 1 aromatic rings. The van der Waals surface area contributed by atoms with Crippen molar-refractivity contribution in [1.29, 1.82) is 0 Å². The van der Waals surface area contributed by atoms with Crippen molar-refractivity contribution in [3.63, 3.8) is 0 Å². The highest BCUT2D eigenvalue weighted by Crippen LogP contribution is 2.35. The number of hydrogen-bond acceptors (Lipinski definition) is 3. The molecule has 1 saturated carbocycles. The minimum Gasteiger partial charge on any atom is -0.496 e. The molecule has 1 atom stereocenters. The summed E-state index contributed by atoms with van der Waals surface area (Å²) in [6.07, 6.45) is 4.22. The Balaban J connectivity index is 1.68. The number of methoxy groups -OCH3 is 1. The molecule has 3 nitrogen and oxygen atoms in total. The van der Waals surface area contributed by atoms with Crippen molar-refractivity contribution in [1.82, 2.24) is 4.90 Å². The van der Waals surface area contributed by atoms with Gasteiger partial charge in [0.25, 0.3) is 0 Å². The van der Waals surface area contributed by atoms with Crippen LogP contribution in [0.1, 0.15) is 24.8 Å². The van der Waals surface area contributed by atoms with Crippen LogP contribution >= 0.6 is 15.9 Å². The van der Waals surface area contributed by atoms with E-state index in [-0.39, 0.29) is 0 Å². The molecule has 3 rings (SSSR count). The molecule has 1 heterocycles. The number of ether oxygens (including phenoxy) is 1. The quantitative estimate of drug-likeness (QED) is 0.923. The van der Waals surface area contributed by atoms with Gasteiger partial charge in [-0.3, -0.25) is 4.90 Å². The summed E-state index contributed by atoms with van der Waals surface area (Å²) < 4.78 is 6.19. The van der Waals surface area contributed by atoms with Crippen molar-refractivity contribution in [3.05, 3.63) is 28.2 Å². The van der Waals surface area contributed by atoms with Crippen LogP contribution in [0.25, 0.3) is 0 Å². The Bertz CT molecular complexity index is 475. The van der Waals surface area contributed by atoms with Gasteiger partial charge in [-0.15, -0.1) is 0 Å². The normalized spacial score (nSPS) is 27.7. The molecular weight excluding hydrogens is 306 g/mol. The van der Waals surface area contributed by atoms with Crippen LogP contribution in [0.2, 0.25) is 0 Å². The van der Waals surface area contributed by atoms with Gasteiger partial charge in [-0.25, -0.2) is 0 Å². The molecule has 1 aromatic carbocycles. The number of likely N-dealkylation sites (tertiary alicyclic amines) is 1. The lowest BCUT2D eigenvalue weighted by Gasteiger charge is -2.24. The van der Waals surface area contributed by atoms with Gasteiger partial charge < -0.3 is 9.84 Å². The minimum absolute atomic E-state index is 0.559. The Hall–Kier alpha value is -0.580. The second-order valence-corrected chi connectivity index (χ2v) is 6.68. The first-order valence-corrected chi connectivity index (χ1v) is 7.68. The van der Waals surface area contributed by atoms with E-state index in [1.807, 2.05) is 12.1 Å². The second-order valence-electron chi connectivity index (χ2n) is 5.82. The third-order valence-electron chi connectivity index (χ3n) is 4.17. The molecule has 0 spiro atoms. The largest absolute Gasteiger partial charge is 0.496 e. The average Bonchev–Trinajstić information content (AvgIpc) is 3.14. The summed E-state index contributed by atoms with van der Waals surface area (Å²) in [6.45, 7) is 1.86. The maximum Gasteiger partial charge on any atom is 0.133 e. The summed E-state index contributed by atoms with van der Waals surface area (Å²) in [5.41, 5.74) is 0.601. The third-order valence-corrected chi connectivity index (χ3v) is 4.79. The molecule has 19 heavy (non-hydrogen) atoms. The van der Waals surface area contributed by atoms with Crippen molar-refractivity contribution in [2.75, 3.05) is 20.2 Å². The van der Waals surface area contributed by atoms with Gasteiger partial charge in [-0.1, -0.05) is 6.07 Å². The first-order chi connectivity index (χ1) is 9.09. The van der Waals surface area contributed by atoms with E-state index in [1.165, 1.54) is 12.8 Å². The van der Waals surface area contributed by atoms with E-state index >= 15 is 0 Å². The maximum atomic E-state index is 10.7. The molecule has 0 amide bonds. The fraction of sp³-hybridized carbons (Fsp3) is 0.600. The predicted molar refractivity (Wildman–Crippen MR) is 78.6 cm³/mol. The van der Waals surface area contributed by atoms with Crippen LogP contribution in [0, 0.1) is 0 Å². The topological polar surface area (TPSA) is 32.7 Å². The number of hydrogen-bond donors (Lipinski definition) is 1. The number of rotatable bonds is 4. The number of aliphatic hydroxyl groups is 1. The summed E-state index contributed by atoms with van der Waals surface area (Å²) in [4.78, 5) is 2.44. The third kappa shape index (κ3) is 2.96. The summed E-state index contributed by atoms with van der Waals surface area (Å²) >= 11 is 3.50. The van der Waals surface area contributed by atoms with Gasteiger partial charge in [0.2, 0.25) is 0 Å². The van der Waals surface area contributed by atoms with Gasteiger partial charge in [-0.2, -0.15) is 0 Å². The molecule has 1 saturated heterocycles. The van der Waals surface area contributed by atoms with Crippen LogP contribution < -0.4 is 4.74 Å². The smallest absolute Gasteiger partial charge is 0.133 e. The van der Waals surface area contributed by atoms with Crippen molar-refractivity contribution < 1.29 is 9.84 Å². The molecule has 0 aromatic heterocycles. The van der Waals surface area contributed by atoms with E-state index in [1.54, 1.807) is 7.11 Å². The highest BCUT2D eigenvalue weighted by atomic mass is 79.9. The zero-order chi connectivity index (χ0) is 13.5. The molecule has 1 unspecified atom stereocenters. The van der Waals surface area contributed by atoms with E-state index in [2.05, 4.69) is 26.9 Å². The van der Waals surface area contributed by atoms with Gasteiger partial charge in [0.15, 0.2) is 0 Å². The summed E-state index contributed by atoms with van der Waals surface area (Å²) in [6, 6.07) is 6.80. The van der Waals surface area contributed by atoms with Crippen molar-refractivity contribution >= 4 is 15.9 Å². The van der Waals surface area contributed by atoms with Crippen LogP contribution in [0.15, 0.2) is 22.7 Å². The number of nitrogens with zero attached hydrogens (tertiary/aromatic N) is 1. The first kappa shape index (κ1) is 13.4. The van der Waals surface area contributed by atoms with E-state index in [0.29, 0.717) is 0 Å². The lowest BCUT2D eigenvalue weighted by molar-refractivity contribution is 0.0487. The summed E-state index contributed by atoms with van der Waals surface area (Å²) in [5.74, 6) is 0.835. The SMILES string of the molecule is COc1ccc(CC2(O)CCN(C3CC3)C2)cc1Br. The molecular formula is C15H20BrNO2. The zero-order valence-corrected chi connectivity index (χ0v) is 12.8. The highest BCUT2D eigenvalue weighted by molar-refractivity contribution is 9.10. The number of β-amino-alcohol motifs (C(OH)–C–C–N with tert-alkyl or cyclic N) is 1. The summed E-state index contributed by atoms with van der Waals surface area (Å²) in [5, 5.41) is 10.7. The first-order valence-electron chi connectivity index (χ1n) is 6.88. The fourth-order valence-corrected chi connectivity index (χ4v) is 3.57. The van der Waals surface area contributed by atoms with Crippen LogP contribution in [-0.2, 0) is 6.42 Å². The van der Waals surface area contributed by atoms with Crippen LogP contribution in [0.5, 0.6) is 5.75 Å². The lowest BCUT2D eigenvalue weighted by Crippen LogP contribution is -2.36. The van der Waals surface area contributed by atoms with Crippen LogP contribution in [0.4, 0.5) is 0 Å². The molecule has 0 radical (unpaired) electrons. The molecule has 2 fully saturated rings. The van der Waals surface area contributed by atoms with Crippen molar-refractivity contribution in [2.45, 2.75) is 37.3 Å². The van der Waals surface area contributed by atoms with E-state index in [0.717, 1.165) is 47.8 Å². The van der Waals surface area contributed by atoms with Gasteiger partial charge in [0, 0.05) is 25.6 Å². The molecule has 1 aliphatic heterocycles. The Morgan fingerprint density at radius 1 is 1.47 bits per heavy atom. The van der Waals surface area contributed by atoms with Crippen molar-refractivity contribution in [2.24, 2.45) is 0 Å². The highest BCUT2D eigenvalue weighted by Gasteiger charge is 2.41. The Kier molecular flexibility index (Phi) is 3.58. The van der Waals surface area contributed by atoms with Gasteiger partial charge in [-0.05, 0) is 52.9 Å². The van der Waals surface area contributed by atoms with Gasteiger partial charge in [0.1, 0.15) is 5.75 Å². The lowest BCUT2D eigenvalue weighted by atomic mass is 9.94. The second kappa shape index (κ2) is 5.08. The maximum absolute atomic E-state index is 10.7. The standard InChI is InChI=1S/C15H20BrNO2/c1-19-14-5-2-11(8-13(14)16)9-15(18)6-7-17(10-15)12-3-4-12/h2,5,8,12,18H,3-4,6-7,9-10H2,1H3. The molecule has 2 aliphatic rings. The molecule has 1 N–H and O–H groups in total. The molecule has 1 aliphatic carbocycles. The monoisotopic (exact) mass is 325 g/mol. The van der Waals surface area contributed by atoms with E-state index in [4.69, 9.17) is 4.74 Å². The fourth-order valence-electron chi connectivity index (χ4n) is 2.98. The zero-order valence-electron chi connectivity index (χ0n) is 11.2. The van der Waals surface area contributed by atoms with Crippen LogP contribution in [-0.4, -0.2) is 41.8 Å². The number of benzene rings is 1. The minimum atomic E-state index is -0.559. The molecule has 4 heteroatoms. The van der Waals surface area contributed by atoms with E-state index < -0.39 is 5.60 Å². The van der Waals surface area contributed by atoms with Crippen LogP contribution in [0.3, 0.4) is 0 Å². The Morgan fingerprint density at radius 2 is 2.26 bits per heavy atom. The Morgan fingerprint density at radius 3 is 2.89 bits per heavy atom. The van der Waals surface area contributed by atoms with E-state index in [9.17, 15) is 5.11 Å². The molecule has 104 valence electrons. The van der Waals surface area contributed by atoms with Gasteiger partial charge in [0.05, 0.1) is 17.2 Å². The Labute approximate surface area is 122 Å². The predicted octanol–water partition coefficient (Wildman–Crippen LogP) is 2.60. The van der Waals surface area contributed by atoms with Gasteiger partial charge >= 0.3 is 0 Å². The number of halogens is 1.